The molecule has 0 radical (unpaired) electrons. The second-order valence-corrected chi connectivity index (χ2v) is 10.3. The normalized spacial score (nSPS) is 13.3. The van der Waals surface area contributed by atoms with E-state index in [1.165, 1.54) is 12.1 Å². The summed E-state index contributed by atoms with van der Waals surface area (Å²) in [4.78, 5) is 13.8. The van der Waals surface area contributed by atoms with Gasteiger partial charge in [-0.2, -0.15) is 0 Å². The second kappa shape index (κ2) is 15.4. The number of aliphatic hydroxyl groups is 3. The second-order valence-electron chi connectivity index (χ2n) is 10.3. The molecule has 0 spiro atoms. The van der Waals surface area contributed by atoms with Gasteiger partial charge in [0.25, 0.3) is 0 Å². The number of aromatic nitrogens is 3. The number of rotatable bonds is 15. The molecule has 0 aliphatic carbocycles. The van der Waals surface area contributed by atoms with E-state index in [-0.39, 0.29) is 53.3 Å². The molecular weight excluding hydrogens is 566 g/mol. The Morgan fingerprint density at radius 3 is 1.93 bits per heavy atom. The Morgan fingerprint density at radius 1 is 0.727 bits per heavy atom. The van der Waals surface area contributed by atoms with Crippen LogP contribution in [0.3, 0.4) is 0 Å². The average Bonchev–Trinajstić information content (AvgIpc) is 3.04. The molecule has 3 aromatic carbocycles. The molecule has 0 aliphatic heterocycles. The number of benzene rings is 3. The third-order valence-electron chi connectivity index (χ3n) is 6.98. The van der Waals surface area contributed by atoms with Gasteiger partial charge < -0.3 is 39.7 Å². The van der Waals surface area contributed by atoms with Crippen LogP contribution in [0.2, 0.25) is 0 Å². The van der Waals surface area contributed by atoms with Crippen molar-refractivity contribution in [2.75, 3.05) is 26.9 Å². The largest absolute Gasteiger partial charge is 0.507 e. The molecule has 1 heterocycles. The zero-order chi connectivity index (χ0) is 31.6. The maximum absolute atomic E-state index is 10.9. The highest BCUT2D eigenvalue weighted by atomic mass is 16.5. The molecule has 0 amide bonds. The van der Waals surface area contributed by atoms with Crippen molar-refractivity contribution < 1.29 is 39.7 Å². The number of aromatic hydroxyl groups is 2. The van der Waals surface area contributed by atoms with Gasteiger partial charge in [0.2, 0.25) is 0 Å². The highest BCUT2D eigenvalue weighted by Gasteiger charge is 2.21. The Bertz CT molecular complexity index is 1520. The van der Waals surface area contributed by atoms with Gasteiger partial charge in [-0.3, -0.25) is 0 Å². The quantitative estimate of drug-likeness (QED) is 0.120. The Hall–Kier alpha value is -4.29. The lowest BCUT2D eigenvalue weighted by atomic mass is 10.0. The van der Waals surface area contributed by atoms with E-state index in [0.29, 0.717) is 35.7 Å². The summed E-state index contributed by atoms with van der Waals surface area (Å²) in [5.41, 5.74) is 1.54. The number of hydrogen-bond donors (Lipinski definition) is 5. The molecule has 1 aromatic heterocycles. The van der Waals surface area contributed by atoms with Crippen LogP contribution in [0.25, 0.3) is 34.2 Å². The molecular formula is C33H39N3O8. The van der Waals surface area contributed by atoms with Crippen molar-refractivity contribution in [3.63, 3.8) is 0 Å². The zero-order valence-corrected chi connectivity index (χ0v) is 25.1. The maximum Gasteiger partial charge on any atom is 0.167 e. The predicted molar refractivity (Wildman–Crippen MR) is 165 cm³/mol. The fraction of sp³-hybridized carbons (Fsp3) is 0.364. The van der Waals surface area contributed by atoms with E-state index >= 15 is 0 Å². The molecule has 11 heteroatoms. The molecule has 0 saturated carbocycles. The fourth-order valence-electron chi connectivity index (χ4n) is 4.35. The van der Waals surface area contributed by atoms with Gasteiger partial charge in [0, 0.05) is 18.2 Å². The lowest BCUT2D eigenvalue weighted by Crippen LogP contribution is -2.23. The van der Waals surface area contributed by atoms with Gasteiger partial charge in [0.15, 0.2) is 17.5 Å². The number of hydrogen-bond acceptors (Lipinski definition) is 11. The van der Waals surface area contributed by atoms with E-state index in [4.69, 9.17) is 14.2 Å². The third kappa shape index (κ3) is 8.20. The van der Waals surface area contributed by atoms with Gasteiger partial charge in [0.05, 0.1) is 30.9 Å². The number of phenols is 2. The minimum absolute atomic E-state index is 0.0122. The predicted octanol–water partition coefficient (Wildman–Crippen LogP) is 4.65. The highest BCUT2D eigenvalue weighted by molar-refractivity contribution is 5.72. The van der Waals surface area contributed by atoms with E-state index in [0.717, 1.165) is 12.8 Å². The summed E-state index contributed by atoms with van der Waals surface area (Å²) in [5.74, 6) is 1.17. The van der Waals surface area contributed by atoms with Crippen molar-refractivity contribution >= 4 is 0 Å². The highest BCUT2D eigenvalue weighted by Crippen LogP contribution is 2.36. The molecule has 4 rings (SSSR count). The summed E-state index contributed by atoms with van der Waals surface area (Å²) in [6.07, 6.45) is -0.715. The summed E-state index contributed by atoms with van der Waals surface area (Å²) in [5, 5.41) is 52.5. The van der Waals surface area contributed by atoms with E-state index in [9.17, 15) is 25.5 Å². The summed E-state index contributed by atoms with van der Waals surface area (Å²) in [7, 11) is 1.56. The van der Waals surface area contributed by atoms with Crippen LogP contribution in [0.1, 0.15) is 44.8 Å². The number of phenolic OH excluding ortho intramolecular Hbond substituents is 2. The van der Waals surface area contributed by atoms with Crippen molar-refractivity contribution in [2.45, 2.75) is 51.4 Å². The van der Waals surface area contributed by atoms with Crippen LogP contribution in [-0.4, -0.2) is 79.6 Å². The van der Waals surface area contributed by atoms with Crippen LogP contribution in [0.15, 0.2) is 60.7 Å². The first-order valence-electron chi connectivity index (χ1n) is 14.6. The Balaban J connectivity index is 1.67. The summed E-state index contributed by atoms with van der Waals surface area (Å²) < 4.78 is 16.3. The molecule has 234 valence electrons. The zero-order valence-electron chi connectivity index (χ0n) is 25.1. The third-order valence-corrected chi connectivity index (χ3v) is 6.98. The van der Waals surface area contributed by atoms with E-state index < -0.39 is 18.3 Å². The van der Waals surface area contributed by atoms with Crippen molar-refractivity contribution in [3.8, 4) is 57.2 Å². The van der Waals surface area contributed by atoms with Crippen molar-refractivity contribution in [2.24, 2.45) is 0 Å². The van der Waals surface area contributed by atoms with E-state index in [2.05, 4.69) is 21.9 Å². The molecule has 4 aromatic rings. The molecule has 3 unspecified atom stereocenters. The number of methoxy groups -OCH3 is 1. The topological polar surface area (TPSA) is 168 Å². The van der Waals surface area contributed by atoms with Crippen molar-refractivity contribution in [3.05, 3.63) is 66.2 Å². The maximum atomic E-state index is 10.9. The minimum Gasteiger partial charge on any atom is -0.507 e. The molecule has 11 nitrogen and oxygen atoms in total. The van der Waals surface area contributed by atoms with E-state index in [1.54, 1.807) is 62.6 Å². The van der Waals surface area contributed by atoms with Crippen LogP contribution in [0.5, 0.6) is 23.0 Å². The molecule has 0 bridgehead atoms. The van der Waals surface area contributed by atoms with Crippen LogP contribution in [0, 0.1) is 0 Å². The van der Waals surface area contributed by atoms with Crippen molar-refractivity contribution in [1.29, 1.82) is 0 Å². The summed E-state index contributed by atoms with van der Waals surface area (Å²) in [6, 6.07) is 16.2. The van der Waals surface area contributed by atoms with Gasteiger partial charge in [-0.25, -0.2) is 15.0 Å². The SMILES string of the molecule is CCCCOCC(O)COc1ccc(-c2nc(-c3ccc(OC)cc3)nc(-c3ccc(C(O)C(O)CC)cc3O)n2)c(O)c1. The molecule has 0 fully saturated rings. The first-order chi connectivity index (χ1) is 21.2. The number of unbranched alkanes of at least 4 members (excludes halogenated alkanes) is 1. The first kappa shape index (κ1) is 32.6. The lowest BCUT2D eigenvalue weighted by Gasteiger charge is -2.17. The molecule has 44 heavy (non-hydrogen) atoms. The molecule has 5 N–H and O–H groups in total. The molecule has 3 atom stereocenters. The first-order valence-corrected chi connectivity index (χ1v) is 14.6. The lowest BCUT2D eigenvalue weighted by molar-refractivity contribution is 0.0113. The number of nitrogens with zero attached hydrogens (tertiary/aromatic N) is 3. The fourth-order valence-corrected chi connectivity index (χ4v) is 4.35. The average molecular weight is 606 g/mol. The van der Waals surface area contributed by atoms with Gasteiger partial charge in [-0.15, -0.1) is 0 Å². The van der Waals surface area contributed by atoms with Crippen LogP contribution < -0.4 is 9.47 Å². The smallest absolute Gasteiger partial charge is 0.167 e. The van der Waals surface area contributed by atoms with E-state index in [1.807, 2.05) is 0 Å². The standard InChI is InChI=1S/C33H39N3O8/c1-4-6-15-43-18-22(37)19-44-24-12-14-26(29(40)17-24)33-35-31(20-7-10-23(42-3)11-8-20)34-32(36-33)25-13-9-21(16-28(25)39)30(41)27(38)5-2/h7-14,16-17,22,27,30,37-41H,4-6,15,18-19H2,1-3H3. The summed E-state index contributed by atoms with van der Waals surface area (Å²) in [6.45, 7) is 4.52. The Labute approximate surface area is 256 Å². The minimum atomic E-state index is -1.17. The Kier molecular flexibility index (Phi) is 11.4. The van der Waals surface area contributed by atoms with Crippen LogP contribution in [-0.2, 0) is 4.74 Å². The van der Waals surface area contributed by atoms with Crippen LogP contribution >= 0.6 is 0 Å². The monoisotopic (exact) mass is 605 g/mol. The summed E-state index contributed by atoms with van der Waals surface area (Å²) >= 11 is 0. The number of aliphatic hydroxyl groups excluding tert-OH is 3. The number of ether oxygens (including phenoxy) is 3. The van der Waals surface area contributed by atoms with Gasteiger partial charge in [-0.05, 0) is 66.9 Å². The van der Waals surface area contributed by atoms with Crippen LogP contribution in [0.4, 0.5) is 0 Å². The molecule has 0 aliphatic rings. The van der Waals surface area contributed by atoms with Gasteiger partial charge in [0.1, 0.15) is 41.8 Å². The van der Waals surface area contributed by atoms with Crippen molar-refractivity contribution in [1.82, 2.24) is 15.0 Å². The Morgan fingerprint density at radius 2 is 1.34 bits per heavy atom. The molecule has 0 saturated heterocycles. The van der Waals surface area contributed by atoms with Gasteiger partial charge >= 0.3 is 0 Å². The van der Waals surface area contributed by atoms with Gasteiger partial charge in [-0.1, -0.05) is 26.3 Å².